The van der Waals surface area contributed by atoms with E-state index in [1.54, 1.807) is 30.5 Å². The van der Waals surface area contributed by atoms with Gasteiger partial charge in [0.2, 0.25) is 5.95 Å². The molecule has 2 N–H and O–H groups in total. The minimum atomic E-state index is -4.65. The van der Waals surface area contributed by atoms with E-state index >= 15 is 0 Å². The molecule has 0 bridgehead atoms. The first-order valence-corrected chi connectivity index (χ1v) is 16.2. The van der Waals surface area contributed by atoms with Crippen molar-refractivity contribution in [3.63, 3.8) is 0 Å². The lowest BCUT2D eigenvalue weighted by Gasteiger charge is -2.10. The van der Waals surface area contributed by atoms with Crippen LogP contribution in [0.4, 0.5) is 45.0 Å². The van der Waals surface area contributed by atoms with E-state index in [0.29, 0.717) is 23.3 Å². The summed E-state index contributed by atoms with van der Waals surface area (Å²) in [6.07, 6.45) is 2.44. The van der Waals surface area contributed by atoms with Crippen molar-refractivity contribution >= 4 is 39.7 Å². The second-order valence-electron chi connectivity index (χ2n) is 11.6. The average molecular weight is 738 g/mol. The molecule has 5 heterocycles. The number of alkyl halides is 5. The number of fused-ring (bicyclic) bond motifs is 2. The van der Waals surface area contributed by atoms with Gasteiger partial charge < -0.3 is 15.4 Å². The number of nitrogens with zero attached hydrogens (tertiary/aromatic N) is 9. The largest absolute Gasteiger partial charge is 0.435 e. The summed E-state index contributed by atoms with van der Waals surface area (Å²) in [6.45, 7) is 1.01. The molecular formula is C37H28F5N11O. The molecule has 17 heteroatoms. The maximum atomic E-state index is 13.5. The number of anilines is 4. The molecule has 8 aromatic rings. The summed E-state index contributed by atoms with van der Waals surface area (Å²) in [5.41, 5.74) is 3.12. The molecule has 272 valence electrons. The van der Waals surface area contributed by atoms with Gasteiger partial charge in [-0.3, -0.25) is 14.0 Å². The van der Waals surface area contributed by atoms with Crippen molar-refractivity contribution in [2.75, 3.05) is 10.6 Å². The SMILES string of the molecule is Cc1ccc(Nc2ccnc(-c3c(C(F)(F)F)nc4cnccn34)n2)cc1.Cc1nc2ccccc2n1-c1nccc(Nc2ccc(OC(F)F)cc2)n1. The zero-order valence-corrected chi connectivity index (χ0v) is 28.4. The van der Waals surface area contributed by atoms with Crippen LogP contribution in [0.25, 0.3) is 34.1 Å². The number of imidazole rings is 2. The molecular weight excluding hydrogens is 709 g/mol. The normalized spacial score (nSPS) is 11.4. The zero-order valence-electron chi connectivity index (χ0n) is 28.4. The van der Waals surface area contributed by atoms with Crippen molar-refractivity contribution in [2.45, 2.75) is 26.6 Å². The number of aryl methyl sites for hydroxylation is 2. The smallest absolute Gasteiger partial charge is 0.435 e. The van der Waals surface area contributed by atoms with Gasteiger partial charge in [0.25, 0.3) is 0 Å². The Labute approximate surface area is 303 Å². The van der Waals surface area contributed by atoms with E-state index in [0.717, 1.165) is 28.1 Å². The Kier molecular flexibility index (Phi) is 9.76. The Bertz CT molecular complexity index is 2540. The van der Waals surface area contributed by atoms with Gasteiger partial charge in [0.05, 0.1) is 17.2 Å². The molecule has 0 amide bonds. The van der Waals surface area contributed by atoms with E-state index in [2.05, 4.69) is 50.3 Å². The summed E-state index contributed by atoms with van der Waals surface area (Å²) in [5, 5.41) is 6.19. The molecule has 3 aromatic carbocycles. The van der Waals surface area contributed by atoms with E-state index < -0.39 is 18.5 Å². The Morgan fingerprint density at radius 3 is 2.09 bits per heavy atom. The van der Waals surface area contributed by atoms with Crippen molar-refractivity contribution in [3.8, 4) is 23.2 Å². The molecule has 0 spiro atoms. The lowest BCUT2D eigenvalue weighted by atomic mass is 10.2. The molecule has 0 fully saturated rings. The first kappa shape index (κ1) is 35.4. The number of ether oxygens (including phenoxy) is 1. The van der Waals surface area contributed by atoms with Crippen LogP contribution in [-0.2, 0) is 6.18 Å². The number of para-hydroxylation sites is 2. The van der Waals surface area contributed by atoms with Gasteiger partial charge >= 0.3 is 12.8 Å². The topological polar surface area (TPSA) is 133 Å². The minimum Gasteiger partial charge on any atom is -0.435 e. The highest BCUT2D eigenvalue weighted by Gasteiger charge is 2.39. The quantitative estimate of drug-likeness (QED) is 0.146. The first-order valence-electron chi connectivity index (χ1n) is 16.2. The fourth-order valence-corrected chi connectivity index (χ4v) is 5.44. The third-order valence-corrected chi connectivity index (χ3v) is 7.81. The van der Waals surface area contributed by atoms with Gasteiger partial charge in [-0.1, -0.05) is 29.8 Å². The lowest BCUT2D eigenvalue weighted by molar-refractivity contribution is -0.140. The highest BCUT2D eigenvalue weighted by Crippen LogP contribution is 2.36. The summed E-state index contributed by atoms with van der Waals surface area (Å²) < 4.78 is 72.4. The van der Waals surface area contributed by atoms with E-state index in [1.807, 2.05) is 66.9 Å². The maximum absolute atomic E-state index is 13.5. The van der Waals surface area contributed by atoms with Gasteiger partial charge in [0.1, 0.15) is 28.9 Å². The van der Waals surface area contributed by atoms with E-state index in [4.69, 9.17) is 0 Å². The third kappa shape index (κ3) is 7.89. The number of hydrogen-bond donors (Lipinski definition) is 2. The van der Waals surface area contributed by atoms with Crippen LogP contribution in [-0.4, -0.2) is 50.5 Å². The average Bonchev–Trinajstić information content (AvgIpc) is 3.72. The summed E-state index contributed by atoms with van der Waals surface area (Å²) >= 11 is 0. The van der Waals surface area contributed by atoms with Crippen LogP contribution >= 0.6 is 0 Å². The molecule has 8 rings (SSSR count). The molecule has 0 aliphatic rings. The Morgan fingerprint density at radius 2 is 1.39 bits per heavy atom. The highest BCUT2D eigenvalue weighted by atomic mass is 19.4. The Balaban J connectivity index is 0.000000167. The van der Waals surface area contributed by atoms with Crippen molar-refractivity contribution in [2.24, 2.45) is 0 Å². The van der Waals surface area contributed by atoms with Crippen LogP contribution < -0.4 is 15.4 Å². The van der Waals surface area contributed by atoms with Crippen molar-refractivity contribution < 1.29 is 26.7 Å². The predicted octanol–water partition coefficient (Wildman–Crippen LogP) is 8.73. The summed E-state index contributed by atoms with van der Waals surface area (Å²) in [6, 6.07) is 24.8. The van der Waals surface area contributed by atoms with Gasteiger partial charge in [0, 0.05) is 36.2 Å². The summed E-state index contributed by atoms with van der Waals surface area (Å²) in [7, 11) is 0. The van der Waals surface area contributed by atoms with Gasteiger partial charge in [-0.25, -0.2) is 24.9 Å². The van der Waals surface area contributed by atoms with E-state index in [9.17, 15) is 22.0 Å². The molecule has 0 unspecified atom stereocenters. The molecule has 12 nitrogen and oxygen atoms in total. The lowest BCUT2D eigenvalue weighted by Crippen LogP contribution is -2.09. The monoisotopic (exact) mass is 737 g/mol. The summed E-state index contributed by atoms with van der Waals surface area (Å²) in [5.74, 6) is 2.23. The minimum absolute atomic E-state index is 0.0697. The number of aromatic nitrogens is 9. The van der Waals surface area contributed by atoms with Crippen LogP contribution in [0.5, 0.6) is 5.75 Å². The Hall–Kier alpha value is -7.04. The molecule has 5 aromatic heterocycles. The molecule has 0 saturated heterocycles. The first-order chi connectivity index (χ1) is 26.0. The summed E-state index contributed by atoms with van der Waals surface area (Å²) in [4.78, 5) is 29.2. The van der Waals surface area contributed by atoms with E-state index in [-0.39, 0.29) is 22.9 Å². The van der Waals surface area contributed by atoms with Crippen LogP contribution in [0.2, 0.25) is 0 Å². The number of nitrogens with one attached hydrogen (secondary N) is 2. The highest BCUT2D eigenvalue weighted by molar-refractivity contribution is 5.77. The zero-order chi connectivity index (χ0) is 37.8. The molecule has 54 heavy (non-hydrogen) atoms. The van der Waals surface area contributed by atoms with Crippen molar-refractivity contribution in [3.05, 3.63) is 133 Å². The van der Waals surface area contributed by atoms with Crippen molar-refractivity contribution in [1.29, 1.82) is 0 Å². The van der Waals surface area contributed by atoms with Gasteiger partial charge in [-0.15, -0.1) is 0 Å². The second kappa shape index (κ2) is 14.9. The van der Waals surface area contributed by atoms with Crippen LogP contribution in [0, 0.1) is 13.8 Å². The maximum Gasteiger partial charge on any atom is 0.435 e. The van der Waals surface area contributed by atoms with Gasteiger partial charge in [0.15, 0.2) is 17.2 Å². The fourth-order valence-electron chi connectivity index (χ4n) is 5.44. The number of halogens is 5. The Morgan fingerprint density at radius 1 is 0.722 bits per heavy atom. The third-order valence-electron chi connectivity index (χ3n) is 7.81. The molecule has 0 radical (unpaired) electrons. The molecule has 0 aliphatic carbocycles. The number of benzene rings is 3. The number of hydrogen-bond acceptors (Lipinski definition) is 10. The van der Waals surface area contributed by atoms with Crippen LogP contribution in [0.1, 0.15) is 17.1 Å². The molecule has 0 saturated carbocycles. The van der Waals surface area contributed by atoms with Crippen LogP contribution in [0.15, 0.2) is 116 Å². The fraction of sp³-hybridized carbons (Fsp3) is 0.108. The number of rotatable bonds is 8. The van der Waals surface area contributed by atoms with Gasteiger partial charge in [-0.05, 0) is 74.5 Å². The van der Waals surface area contributed by atoms with E-state index in [1.165, 1.54) is 41.3 Å². The van der Waals surface area contributed by atoms with Crippen molar-refractivity contribution in [1.82, 2.24) is 43.9 Å². The standard InChI is InChI=1S/C19H15F2N5O.C18H13F3N6/c1-12-23-15-4-2-3-5-16(15)26(12)19-22-11-10-17(25-19)24-13-6-8-14(9-7-13)27-18(20)21;1-11-2-4-12(5-3-11)24-13-6-7-23-17(25-13)15-16(18(19,20)21)26-14-10-22-8-9-27(14)15/h2-11,18H,1H3,(H,22,24,25);2-10H,1H3,(H,23,24,25). The molecule has 0 atom stereocenters. The second-order valence-corrected chi connectivity index (χ2v) is 11.6. The van der Waals surface area contributed by atoms with Gasteiger partial charge in [-0.2, -0.15) is 26.9 Å². The molecule has 0 aliphatic heterocycles. The van der Waals surface area contributed by atoms with Crippen LogP contribution in [0.3, 0.4) is 0 Å². The predicted molar refractivity (Wildman–Crippen MR) is 191 cm³/mol.